The molecule has 0 bridgehead atoms. The van der Waals surface area contributed by atoms with Gasteiger partial charge in [0.25, 0.3) is 0 Å². The Bertz CT molecular complexity index is 407. The molecule has 0 amide bonds. The third-order valence-electron chi connectivity index (χ3n) is 2.32. The summed E-state index contributed by atoms with van der Waals surface area (Å²) >= 11 is 3.36. The van der Waals surface area contributed by atoms with Crippen LogP contribution in [0.2, 0.25) is 0 Å². The molecule has 2 N–H and O–H groups in total. The van der Waals surface area contributed by atoms with E-state index in [-0.39, 0.29) is 11.7 Å². The van der Waals surface area contributed by atoms with E-state index in [4.69, 9.17) is 5.11 Å². The monoisotopic (exact) mass is 301 g/mol. The predicted octanol–water partition coefficient (Wildman–Crippen LogP) is 1.96. The zero-order valence-corrected chi connectivity index (χ0v) is 11.4. The van der Waals surface area contributed by atoms with Crippen molar-refractivity contribution in [3.63, 3.8) is 0 Å². The summed E-state index contributed by atoms with van der Waals surface area (Å²) in [4.78, 5) is 12.7. The third kappa shape index (κ3) is 4.46. The number of carbonyl (C=O) groups is 1. The zero-order valence-electron chi connectivity index (χ0n) is 9.85. The highest BCUT2D eigenvalue weighted by atomic mass is 79.9. The van der Waals surface area contributed by atoms with Crippen molar-refractivity contribution in [1.82, 2.24) is 4.90 Å². The molecule has 0 aromatic heterocycles. The Labute approximate surface area is 109 Å². The smallest absolute Gasteiger partial charge is 0.335 e. The summed E-state index contributed by atoms with van der Waals surface area (Å²) in [6.07, 6.45) is -0.378. The van der Waals surface area contributed by atoms with Gasteiger partial charge in [-0.25, -0.2) is 4.79 Å². The van der Waals surface area contributed by atoms with Gasteiger partial charge >= 0.3 is 5.97 Å². The van der Waals surface area contributed by atoms with Crippen LogP contribution in [0.15, 0.2) is 22.7 Å². The number of hydrogen-bond acceptors (Lipinski definition) is 3. The molecule has 1 unspecified atom stereocenters. The average molecular weight is 302 g/mol. The van der Waals surface area contributed by atoms with Crippen molar-refractivity contribution in [3.05, 3.63) is 33.8 Å². The number of likely N-dealkylation sites (N-methyl/N-ethyl adjacent to an activating group) is 1. The van der Waals surface area contributed by atoms with Gasteiger partial charge in [0, 0.05) is 17.6 Å². The second-order valence-electron chi connectivity index (χ2n) is 4.16. The normalized spacial score (nSPS) is 12.8. The lowest BCUT2D eigenvalue weighted by molar-refractivity contribution is 0.0697. The van der Waals surface area contributed by atoms with E-state index in [1.54, 1.807) is 25.1 Å². The molecule has 94 valence electrons. The van der Waals surface area contributed by atoms with E-state index in [0.717, 1.165) is 10.0 Å². The summed E-state index contributed by atoms with van der Waals surface area (Å²) in [6.45, 7) is 2.97. The van der Waals surface area contributed by atoms with Gasteiger partial charge < -0.3 is 10.2 Å². The lowest BCUT2D eigenvalue weighted by Gasteiger charge is -2.19. The van der Waals surface area contributed by atoms with Crippen LogP contribution in [0.3, 0.4) is 0 Å². The first-order valence-corrected chi connectivity index (χ1v) is 6.07. The summed E-state index contributed by atoms with van der Waals surface area (Å²) in [7, 11) is 1.91. The number of hydrogen-bond donors (Lipinski definition) is 2. The molecule has 1 aromatic carbocycles. The van der Waals surface area contributed by atoms with Gasteiger partial charge in [0.2, 0.25) is 0 Å². The molecule has 0 aliphatic heterocycles. The van der Waals surface area contributed by atoms with Gasteiger partial charge in [0.15, 0.2) is 0 Å². The molecule has 0 radical (unpaired) electrons. The molecule has 0 fully saturated rings. The quantitative estimate of drug-likeness (QED) is 0.873. The van der Waals surface area contributed by atoms with Gasteiger partial charge in [-0.2, -0.15) is 0 Å². The summed E-state index contributed by atoms with van der Waals surface area (Å²) in [5, 5.41) is 18.1. The number of halogens is 1. The van der Waals surface area contributed by atoms with Crippen molar-refractivity contribution < 1.29 is 15.0 Å². The van der Waals surface area contributed by atoms with Crippen molar-refractivity contribution in [2.75, 3.05) is 13.6 Å². The van der Waals surface area contributed by atoms with Crippen LogP contribution in [0.25, 0.3) is 0 Å². The van der Waals surface area contributed by atoms with Crippen LogP contribution in [-0.4, -0.2) is 40.8 Å². The van der Waals surface area contributed by atoms with Gasteiger partial charge in [0.1, 0.15) is 0 Å². The second-order valence-corrected chi connectivity index (χ2v) is 5.01. The molecule has 1 atom stereocenters. The first-order valence-electron chi connectivity index (χ1n) is 5.28. The van der Waals surface area contributed by atoms with Crippen LogP contribution in [0, 0.1) is 0 Å². The number of benzene rings is 1. The number of carboxylic acids is 1. The maximum absolute atomic E-state index is 10.8. The molecular weight excluding hydrogens is 286 g/mol. The lowest BCUT2D eigenvalue weighted by Crippen LogP contribution is -2.26. The number of rotatable bonds is 5. The van der Waals surface area contributed by atoms with Crippen LogP contribution >= 0.6 is 15.9 Å². The molecule has 0 saturated heterocycles. The van der Waals surface area contributed by atoms with Crippen LogP contribution in [-0.2, 0) is 6.54 Å². The Morgan fingerprint density at radius 2 is 2.18 bits per heavy atom. The van der Waals surface area contributed by atoms with Gasteiger partial charge in [-0.3, -0.25) is 4.90 Å². The molecule has 1 aromatic rings. The molecule has 5 heteroatoms. The Morgan fingerprint density at radius 3 is 2.65 bits per heavy atom. The van der Waals surface area contributed by atoms with Crippen molar-refractivity contribution in [2.24, 2.45) is 0 Å². The van der Waals surface area contributed by atoms with Crippen molar-refractivity contribution in [3.8, 4) is 0 Å². The average Bonchev–Trinajstić information content (AvgIpc) is 2.19. The van der Waals surface area contributed by atoms with E-state index in [9.17, 15) is 9.90 Å². The minimum Gasteiger partial charge on any atom is -0.478 e. The van der Waals surface area contributed by atoms with E-state index in [1.165, 1.54) is 0 Å². The summed E-state index contributed by atoms with van der Waals surface area (Å²) in [5.74, 6) is -0.936. The standard InChI is InChI=1S/C12H16BrNO3/c1-8(15)6-14(2)7-10-4-3-9(12(16)17)5-11(10)13/h3-5,8,15H,6-7H2,1-2H3,(H,16,17). The van der Waals surface area contributed by atoms with E-state index in [1.807, 2.05) is 11.9 Å². The maximum Gasteiger partial charge on any atom is 0.335 e. The highest BCUT2D eigenvalue weighted by Crippen LogP contribution is 2.20. The van der Waals surface area contributed by atoms with Crippen molar-refractivity contribution in [1.29, 1.82) is 0 Å². The van der Waals surface area contributed by atoms with Crippen LogP contribution < -0.4 is 0 Å². The summed E-state index contributed by atoms with van der Waals surface area (Å²) < 4.78 is 0.773. The number of aliphatic hydroxyl groups is 1. The maximum atomic E-state index is 10.8. The summed E-state index contributed by atoms with van der Waals surface area (Å²) in [6, 6.07) is 4.96. The van der Waals surface area contributed by atoms with E-state index in [0.29, 0.717) is 13.1 Å². The molecule has 0 aliphatic rings. The van der Waals surface area contributed by atoms with E-state index in [2.05, 4.69) is 15.9 Å². The highest BCUT2D eigenvalue weighted by molar-refractivity contribution is 9.10. The number of aromatic carboxylic acids is 1. The number of carboxylic acid groups (broad SMARTS) is 1. The number of aliphatic hydroxyl groups excluding tert-OH is 1. The topological polar surface area (TPSA) is 60.8 Å². The lowest BCUT2D eigenvalue weighted by atomic mass is 10.1. The fourth-order valence-corrected chi connectivity index (χ4v) is 2.12. The van der Waals surface area contributed by atoms with Gasteiger partial charge in [-0.05, 0) is 31.7 Å². The Balaban J connectivity index is 2.75. The first-order chi connectivity index (χ1) is 7.90. The highest BCUT2D eigenvalue weighted by Gasteiger charge is 2.09. The zero-order chi connectivity index (χ0) is 13.0. The fraction of sp³-hybridized carbons (Fsp3) is 0.417. The minimum atomic E-state index is -0.936. The summed E-state index contributed by atoms with van der Waals surface area (Å²) in [5.41, 5.74) is 1.26. The molecule has 0 saturated carbocycles. The van der Waals surface area contributed by atoms with Gasteiger partial charge in [-0.15, -0.1) is 0 Å². The minimum absolute atomic E-state index is 0.263. The Kier molecular flexibility index (Phi) is 5.11. The first kappa shape index (κ1) is 14.2. The van der Waals surface area contributed by atoms with Crippen molar-refractivity contribution >= 4 is 21.9 Å². The molecule has 1 rings (SSSR count). The molecule has 0 aliphatic carbocycles. The van der Waals surface area contributed by atoms with Crippen LogP contribution in [0.4, 0.5) is 0 Å². The number of nitrogens with zero attached hydrogens (tertiary/aromatic N) is 1. The van der Waals surface area contributed by atoms with Gasteiger partial charge in [-0.1, -0.05) is 22.0 Å². The SMILES string of the molecule is CC(O)CN(C)Cc1ccc(C(=O)O)cc1Br. The van der Waals surface area contributed by atoms with Gasteiger partial charge in [0.05, 0.1) is 11.7 Å². The third-order valence-corrected chi connectivity index (χ3v) is 3.05. The Hall–Kier alpha value is -0.910. The Morgan fingerprint density at radius 1 is 1.53 bits per heavy atom. The van der Waals surface area contributed by atoms with E-state index < -0.39 is 5.97 Å². The van der Waals surface area contributed by atoms with Crippen molar-refractivity contribution in [2.45, 2.75) is 19.6 Å². The van der Waals surface area contributed by atoms with E-state index >= 15 is 0 Å². The predicted molar refractivity (Wildman–Crippen MR) is 69.1 cm³/mol. The largest absolute Gasteiger partial charge is 0.478 e. The van der Waals surface area contributed by atoms with Crippen LogP contribution in [0.5, 0.6) is 0 Å². The fourth-order valence-electron chi connectivity index (χ4n) is 1.61. The molecule has 4 nitrogen and oxygen atoms in total. The second kappa shape index (κ2) is 6.14. The molecule has 17 heavy (non-hydrogen) atoms. The molecule has 0 heterocycles. The molecular formula is C12H16BrNO3. The molecule has 0 spiro atoms. The van der Waals surface area contributed by atoms with Crippen LogP contribution in [0.1, 0.15) is 22.8 Å².